The first-order valence-corrected chi connectivity index (χ1v) is 11.3. The van der Waals surface area contributed by atoms with E-state index in [1.165, 1.54) is 11.3 Å². The Morgan fingerprint density at radius 2 is 2.19 bits per heavy atom. The molecule has 2 atom stereocenters. The zero-order valence-electron chi connectivity index (χ0n) is 14.8. The summed E-state index contributed by atoms with van der Waals surface area (Å²) in [6, 6.07) is 6.76. The lowest BCUT2D eigenvalue weighted by atomic mass is 10.1. The fourth-order valence-corrected chi connectivity index (χ4v) is 6.00. The van der Waals surface area contributed by atoms with Crippen molar-refractivity contribution in [3.63, 3.8) is 0 Å². The summed E-state index contributed by atoms with van der Waals surface area (Å²) < 4.78 is 25.5. The summed E-state index contributed by atoms with van der Waals surface area (Å²) in [6.45, 7) is 1.96. The SMILES string of the molecule is Cc1sc(C(=O)N[C@H]2CS(=O)(=O)CC[C@H]2N)cc1-c1cnn2ccccc12. The van der Waals surface area contributed by atoms with Crippen molar-refractivity contribution >= 4 is 32.6 Å². The monoisotopic (exact) mass is 404 g/mol. The molecule has 3 aromatic heterocycles. The highest BCUT2D eigenvalue weighted by atomic mass is 32.2. The normalized spacial score (nSPS) is 22.0. The Balaban J connectivity index is 1.60. The van der Waals surface area contributed by atoms with Crippen LogP contribution in [0.15, 0.2) is 36.7 Å². The number of nitrogens with one attached hydrogen (secondary N) is 1. The van der Waals surface area contributed by atoms with E-state index in [1.807, 2.05) is 37.4 Å². The molecule has 0 unspecified atom stereocenters. The number of thiophene rings is 1. The smallest absolute Gasteiger partial charge is 0.261 e. The molecule has 0 bridgehead atoms. The molecule has 1 aliphatic heterocycles. The maximum Gasteiger partial charge on any atom is 0.261 e. The molecule has 1 saturated heterocycles. The first-order valence-electron chi connectivity index (χ1n) is 8.64. The number of amides is 1. The molecule has 3 aromatic rings. The Labute approximate surface area is 161 Å². The Morgan fingerprint density at radius 1 is 1.37 bits per heavy atom. The summed E-state index contributed by atoms with van der Waals surface area (Å²) in [5.41, 5.74) is 8.89. The van der Waals surface area contributed by atoms with Crippen molar-refractivity contribution in [3.8, 4) is 11.1 Å². The van der Waals surface area contributed by atoms with Crippen molar-refractivity contribution < 1.29 is 13.2 Å². The molecule has 142 valence electrons. The summed E-state index contributed by atoms with van der Waals surface area (Å²) in [5, 5.41) is 7.16. The van der Waals surface area contributed by atoms with Crippen molar-refractivity contribution in [2.45, 2.75) is 25.4 Å². The molecule has 9 heteroatoms. The van der Waals surface area contributed by atoms with Crippen molar-refractivity contribution in [3.05, 3.63) is 46.4 Å². The number of aromatic nitrogens is 2. The highest BCUT2D eigenvalue weighted by Crippen LogP contribution is 2.33. The van der Waals surface area contributed by atoms with Crippen LogP contribution in [-0.4, -0.2) is 47.5 Å². The van der Waals surface area contributed by atoms with Crippen LogP contribution in [0, 0.1) is 6.92 Å². The van der Waals surface area contributed by atoms with Gasteiger partial charge < -0.3 is 11.1 Å². The molecule has 7 nitrogen and oxygen atoms in total. The average molecular weight is 405 g/mol. The van der Waals surface area contributed by atoms with E-state index in [0.29, 0.717) is 11.3 Å². The summed E-state index contributed by atoms with van der Waals surface area (Å²) in [6.07, 6.45) is 4.03. The van der Waals surface area contributed by atoms with E-state index in [0.717, 1.165) is 21.5 Å². The summed E-state index contributed by atoms with van der Waals surface area (Å²) in [7, 11) is -3.16. The molecule has 3 N–H and O–H groups in total. The third-order valence-corrected chi connectivity index (χ3v) is 7.66. The van der Waals surface area contributed by atoms with Crippen LogP contribution in [0.1, 0.15) is 21.0 Å². The van der Waals surface area contributed by atoms with Crippen molar-refractivity contribution in [2.24, 2.45) is 5.73 Å². The molecular weight excluding hydrogens is 384 g/mol. The van der Waals surface area contributed by atoms with E-state index in [4.69, 9.17) is 5.73 Å². The number of carbonyl (C=O) groups excluding carboxylic acids is 1. The van der Waals surface area contributed by atoms with Crippen LogP contribution in [-0.2, 0) is 9.84 Å². The number of hydrogen-bond acceptors (Lipinski definition) is 6. The summed E-state index contributed by atoms with van der Waals surface area (Å²) >= 11 is 1.38. The molecule has 0 aliphatic carbocycles. The van der Waals surface area contributed by atoms with Crippen LogP contribution in [0.4, 0.5) is 0 Å². The largest absolute Gasteiger partial charge is 0.346 e. The molecule has 4 rings (SSSR count). The second kappa shape index (κ2) is 6.74. The molecule has 0 aromatic carbocycles. The van der Waals surface area contributed by atoms with E-state index in [2.05, 4.69) is 10.4 Å². The van der Waals surface area contributed by atoms with Gasteiger partial charge in [-0.05, 0) is 37.1 Å². The molecular formula is C18H20N4O3S2. The summed E-state index contributed by atoms with van der Waals surface area (Å²) in [5.74, 6) is -0.314. The minimum atomic E-state index is -3.16. The quantitative estimate of drug-likeness (QED) is 0.690. The van der Waals surface area contributed by atoms with Gasteiger partial charge in [0.25, 0.3) is 5.91 Å². The van der Waals surface area contributed by atoms with Gasteiger partial charge in [-0.15, -0.1) is 11.3 Å². The average Bonchev–Trinajstić information content (AvgIpc) is 3.21. The van der Waals surface area contributed by atoms with Crippen LogP contribution < -0.4 is 11.1 Å². The lowest BCUT2D eigenvalue weighted by Crippen LogP contribution is -2.55. The van der Waals surface area contributed by atoms with Crippen LogP contribution in [0.25, 0.3) is 16.6 Å². The third-order valence-electron chi connectivity index (χ3n) is 4.89. The number of nitrogens with two attached hydrogens (primary N) is 1. The van der Waals surface area contributed by atoms with Crippen LogP contribution in [0.5, 0.6) is 0 Å². The van der Waals surface area contributed by atoms with Gasteiger partial charge in [0.2, 0.25) is 0 Å². The van der Waals surface area contributed by atoms with Gasteiger partial charge >= 0.3 is 0 Å². The van der Waals surface area contributed by atoms with E-state index < -0.39 is 15.9 Å². The highest BCUT2D eigenvalue weighted by Gasteiger charge is 2.32. The molecule has 27 heavy (non-hydrogen) atoms. The van der Waals surface area contributed by atoms with E-state index in [1.54, 1.807) is 10.7 Å². The predicted octanol–water partition coefficient (Wildman–Crippen LogP) is 1.62. The number of aryl methyl sites for hydroxylation is 1. The second-order valence-corrected chi connectivity index (χ2v) is 10.3. The molecule has 1 amide bonds. The van der Waals surface area contributed by atoms with Gasteiger partial charge in [0, 0.05) is 22.7 Å². The number of sulfone groups is 1. The third kappa shape index (κ3) is 3.50. The highest BCUT2D eigenvalue weighted by molar-refractivity contribution is 7.91. The van der Waals surface area contributed by atoms with Crippen LogP contribution >= 0.6 is 11.3 Å². The second-order valence-electron chi connectivity index (χ2n) is 6.82. The standard InChI is InChI=1S/C18H20N4O3S2/c1-11-12(13-9-20-22-6-3-2-4-16(13)22)8-17(26-11)18(23)21-15-10-27(24,25)7-5-14(15)19/h2-4,6,8-9,14-15H,5,7,10,19H2,1H3,(H,21,23)/t14-,15+/m1/s1. The first-order chi connectivity index (χ1) is 12.8. The minimum absolute atomic E-state index is 0.0809. The van der Waals surface area contributed by atoms with E-state index in [-0.39, 0.29) is 23.5 Å². The van der Waals surface area contributed by atoms with Gasteiger partial charge in [-0.1, -0.05) is 6.07 Å². The Morgan fingerprint density at radius 3 is 3.00 bits per heavy atom. The topological polar surface area (TPSA) is 107 Å². The fourth-order valence-electron chi connectivity index (χ4n) is 3.39. The lowest BCUT2D eigenvalue weighted by molar-refractivity contribution is 0.0938. The number of nitrogens with zero attached hydrogens (tertiary/aromatic N) is 2. The minimum Gasteiger partial charge on any atom is -0.346 e. The van der Waals surface area contributed by atoms with Crippen molar-refractivity contribution in [2.75, 3.05) is 11.5 Å². The zero-order chi connectivity index (χ0) is 19.2. The molecule has 0 saturated carbocycles. The first kappa shape index (κ1) is 18.1. The molecule has 0 radical (unpaired) electrons. The molecule has 4 heterocycles. The molecule has 1 aliphatic rings. The number of fused-ring (bicyclic) bond motifs is 1. The number of pyridine rings is 1. The maximum atomic E-state index is 12.7. The molecule has 0 spiro atoms. The van der Waals surface area contributed by atoms with Crippen molar-refractivity contribution in [1.82, 2.24) is 14.9 Å². The predicted molar refractivity (Wildman–Crippen MR) is 106 cm³/mol. The number of hydrogen-bond donors (Lipinski definition) is 2. The Bertz CT molecular complexity index is 1120. The molecule has 1 fully saturated rings. The maximum absolute atomic E-state index is 12.7. The van der Waals surface area contributed by atoms with Gasteiger partial charge in [-0.2, -0.15) is 5.10 Å². The zero-order valence-corrected chi connectivity index (χ0v) is 16.4. The van der Waals surface area contributed by atoms with Gasteiger partial charge in [0.1, 0.15) is 0 Å². The summed E-state index contributed by atoms with van der Waals surface area (Å²) in [4.78, 5) is 14.2. The van der Waals surface area contributed by atoms with Gasteiger partial charge in [-0.3, -0.25) is 4.79 Å². The number of carbonyl (C=O) groups is 1. The van der Waals surface area contributed by atoms with Gasteiger partial charge in [0.05, 0.1) is 34.1 Å². The fraction of sp³-hybridized carbons (Fsp3) is 0.333. The van der Waals surface area contributed by atoms with E-state index in [9.17, 15) is 13.2 Å². The van der Waals surface area contributed by atoms with E-state index >= 15 is 0 Å². The van der Waals surface area contributed by atoms with Crippen molar-refractivity contribution in [1.29, 1.82) is 0 Å². The van der Waals surface area contributed by atoms with Gasteiger partial charge in [-0.25, -0.2) is 12.9 Å². The Hall–Kier alpha value is -2.23. The Kier molecular flexibility index (Phi) is 4.53. The lowest BCUT2D eigenvalue weighted by Gasteiger charge is -2.28. The van der Waals surface area contributed by atoms with Crippen LogP contribution in [0.3, 0.4) is 0 Å². The van der Waals surface area contributed by atoms with Crippen LogP contribution in [0.2, 0.25) is 0 Å². The van der Waals surface area contributed by atoms with Gasteiger partial charge in [0.15, 0.2) is 9.84 Å². The number of rotatable bonds is 3.